The minimum absolute atomic E-state index is 0.145. The molecule has 1 aromatic heterocycles. The monoisotopic (exact) mass is 448 g/mol. The van der Waals surface area contributed by atoms with Gasteiger partial charge >= 0.3 is 0 Å². The number of benzene rings is 2. The first kappa shape index (κ1) is 22.4. The van der Waals surface area contributed by atoms with Gasteiger partial charge in [0.1, 0.15) is 11.5 Å². The van der Waals surface area contributed by atoms with E-state index in [4.69, 9.17) is 9.47 Å². The van der Waals surface area contributed by atoms with Crippen molar-refractivity contribution in [3.05, 3.63) is 72.1 Å². The highest BCUT2D eigenvalue weighted by Gasteiger charge is 2.25. The van der Waals surface area contributed by atoms with E-state index in [1.165, 1.54) is 19.9 Å². The number of hydrogen-bond acceptors (Lipinski definition) is 5. The molecular formula is C25H28N4O4. The second-order valence-corrected chi connectivity index (χ2v) is 7.89. The number of amides is 2. The van der Waals surface area contributed by atoms with Gasteiger partial charge in [-0.3, -0.25) is 14.5 Å². The number of anilines is 2. The zero-order valence-corrected chi connectivity index (χ0v) is 19.0. The number of nitrogens with one attached hydrogen (secondary N) is 2. The Morgan fingerprint density at radius 2 is 1.61 bits per heavy atom. The maximum absolute atomic E-state index is 12.9. The molecule has 0 aliphatic carbocycles. The number of hydrogen-bond donors (Lipinski definition) is 2. The van der Waals surface area contributed by atoms with Crippen LogP contribution in [0.4, 0.5) is 11.4 Å². The van der Waals surface area contributed by atoms with Crippen molar-refractivity contribution in [3.8, 4) is 11.5 Å². The molecule has 1 aliphatic rings. The normalized spacial score (nSPS) is 15.4. The summed E-state index contributed by atoms with van der Waals surface area (Å²) in [7, 11) is 3.03. The number of fused-ring (bicyclic) bond motifs is 1. The van der Waals surface area contributed by atoms with E-state index in [9.17, 15) is 9.59 Å². The van der Waals surface area contributed by atoms with E-state index < -0.39 is 0 Å². The number of rotatable bonds is 7. The molecule has 0 bridgehead atoms. The maximum Gasteiger partial charge on any atom is 0.255 e. The van der Waals surface area contributed by atoms with Crippen molar-refractivity contribution < 1.29 is 19.1 Å². The van der Waals surface area contributed by atoms with Gasteiger partial charge in [-0.25, -0.2) is 0 Å². The molecule has 4 rings (SSSR count). The highest BCUT2D eigenvalue weighted by Crippen LogP contribution is 2.37. The topological polar surface area (TPSA) is 84.8 Å². The molecule has 0 saturated carbocycles. The van der Waals surface area contributed by atoms with E-state index in [0.717, 1.165) is 13.1 Å². The fourth-order valence-electron chi connectivity index (χ4n) is 4.09. The minimum Gasteiger partial charge on any atom is -0.494 e. The van der Waals surface area contributed by atoms with Crippen LogP contribution in [0, 0.1) is 0 Å². The van der Waals surface area contributed by atoms with Crippen molar-refractivity contribution in [2.24, 2.45) is 0 Å². The molecule has 8 nitrogen and oxygen atoms in total. The SMILES string of the molecule is COc1cc(NC(=O)c2ccccc2)c(OC)cc1NC(=O)CN1CCn2cccc2C1C. The lowest BCUT2D eigenvalue weighted by molar-refractivity contribution is -0.118. The summed E-state index contributed by atoms with van der Waals surface area (Å²) in [5, 5.41) is 5.77. The lowest BCUT2D eigenvalue weighted by Crippen LogP contribution is -2.41. The van der Waals surface area contributed by atoms with Gasteiger partial charge < -0.3 is 24.7 Å². The predicted molar refractivity (Wildman–Crippen MR) is 127 cm³/mol. The van der Waals surface area contributed by atoms with Crippen LogP contribution in [0.2, 0.25) is 0 Å². The predicted octanol–water partition coefficient (Wildman–Crippen LogP) is 3.77. The minimum atomic E-state index is -0.267. The number of ether oxygens (including phenoxy) is 2. The van der Waals surface area contributed by atoms with Crippen LogP contribution in [0.25, 0.3) is 0 Å². The first-order valence-electron chi connectivity index (χ1n) is 10.8. The number of carbonyl (C=O) groups is 2. The van der Waals surface area contributed by atoms with Crippen molar-refractivity contribution in [2.45, 2.75) is 19.5 Å². The Labute approximate surface area is 193 Å². The summed E-state index contributed by atoms with van der Waals surface area (Å²) in [4.78, 5) is 27.6. The number of nitrogens with zero attached hydrogens (tertiary/aromatic N) is 2. The summed E-state index contributed by atoms with van der Waals surface area (Å²) < 4.78 is 13.2. The number of aromatic nitrogens is 1. The maximum atomic E-state index is 12.9. The van der Waals surface area contributed by atoms with Gasteiger partial charge in [0.15, 0.2) is 0 Å². The Kier molecular flexibility index (Phi) is 6.65. The second kappa shape index (κ2) is 9.79. The van der Waals surface area contributed by atoms with Crippen LogP contribution >= 0.6 is 0 Å². The van der Waals surface area contributed by atoms with E-state index in [0.29, 0.717) is 28.4 Å². The molecule has 3 aromatic rings. The van der Waals surface area contributed by atoms with Crippen molar-refractivity contribution in [3.63, 3.8) is 0 Å². The Morgan fingerprint density at radius 3 is 2.27 bits per heavy atom. The van der Waals surface area contributed by atoms with Crippen molar-refractivity contribution in [1.29, 1.82) is 0 Å². The van der Waals surface area contributed by atoms with Crippen LogP contribution in [0.15, 0.2) is 60.8 Å². The third-order valence-electron chi connectivity index (χ3n) is 5.90. The quantitative estimate of drug-likeness (QED) is 0.575. The molecule has 2 amide bonds. The Bertz CT molecular complexity index is 1140. The third kappa shape index (κ3) is 4.85. The molecule has 0 fully saturated rings. The smallest absolute Gasteiger partial charge is 0.255 e. The molecule has 0 saturated heterocycles. The fraction of sp³-hybridized carbons (Fsp3) is 0.280. The van der Waals surface area contributed by atoms with Gasteiger partial charge in [-0.1, -0.05) is 18.2 Å². The van der Waals surface area contributed by atoms with Gasteiger partial charge in [0.2, 0.25) is 5.91 Å². The molecule has 33 heavy (non-hydrogen) atoms. The molecule has 1 aliphatic heterocycles. The zero-order valence-electron chi connectivity index (χ0n) is 19.0. The van der Waals surface area contributed by atoms with Crippen LogP contribution in [-0.2, 0) is 11.3 Å². The Balaban J connectivity index is 1.48. The fourth-order valence-corrected chi connectivity index (χ4v) is 4.09. The standard InChI is InChI=1S/C25H28N4O4/c1-17-21-10-7-11-28(21)12-13-29(17)16-24(30)26-19-14-23(33-3)20(15-22(19)32-2)27-25(31)18-8-5-4-6-9-18/h4-11,14-15,17H,12-13,16H2,1-3H3,(H,26,30)(H,27,31). The first-order chi connectivity index (χ1) is 16.0. The Hall–Kier alpha value is -3.78. The molecular weight excluding hydrogens is 420 g/mol. The van der Waals surface area contributed by atoms with Gasteiger partial charge in [-0.15, -0.1) is 0 Å². The summed E-state index contributed by atoms with van der Waals surface area (Å²) in [6.45, 7) is 4.00. The molecule has 2 N–H and O–H groups in total. The average molecular weight is 449 g/mol. The average Bonchev–Trinajstić information content (AvgIpc) is 3.31. The summed E-state index contributed by atoms with van der Waals surface area (Å²) in [5.41, 5.74) is 2.65. The molecule has 172 valence electrons. The van der Waals surface area contributed by atoms with Crippen LogP contribution in [0.3, 0.4) is 0 Å². The van der Waals surface area contributed by atoms with Gasteiger partial charge in [-0.2, -0.15) is 0 Å². The van der Waals surface area contributed by atoms with E-state index in [-0.39, 0.29) is 24.4 Å². The van der Waals surface area contributed by atoms with Gasteiger partial charge in [-0.05, 0) is 31.2 Å². The van der Waals surface area contributed by atoms with Crippen LogP contribution in [0.1, 0.15) is 29.0 Å². The lowest BCUT2D eigenvalue weighted by Gasteiger charge is -2.34. The molecule has 8 heteroatoms. The summed E-state index contributed by atoms with van der Waals surface area (Å²) in [6, 6.07) is 16.5. The van der Waals surface area contributed by atoms with Gasteiger partial charge in [0, 0.05) is 48.7 Å². The van der Waals surface area contributed by atoms with Crippen molar-refractivity contribution in [1.82, 2.24) is 9.47 Å². The van der Waals surface area contributed by atoms with Gasteiger partial charge in [0.05, 0.1) is 32.1 Å². The molecule has 0 radical (unpaired) electrons. The van der Waals surface area contributed by atoms with E-state index >= 15 is 0 Å². The van der Waals surface area contributed by atoms with Crippen LogP contribution < -0.4 is 20.1 Å². The molecule has 2 aromatic carbocycles. The summed E-state index contributed by atoms with van der Waals surface area (Å²) >= 11 is 0. The number of carbonyl (C=O) groups excluding carboxylic acids is 2. The molecule has 1 atom stereocenters. The van der Waals surface area contributed by atoms with E-state index in [1.807, 2.05) is 12.1 Å². The third-order valence-corrected chi connectivity index (χ3v) is 5.90. The molecule has 1 unspecified atom stereocenters. The van der Waals surface area contributed by atoms with Crippen molar-refractivity contribution in [2.75, 3.05) is 37.9 Å². The van der Waals surface area contributed by atoms with Crippen LogP contribution in [0.5, 0.6) is 11.5 Å². The Morgan fingerprint density at radius 1 is 0.939 bits per heavy atom. The second-order valence-electron chi connectivity index (χ2n) is 7.89. The van der Waals surface area contributed by atoms with Gasteiger partial charge in [0.25, 0.3) is 5.91 Å². The first-order valence-corrected chi connectivity index (χ1v) is 10.8. The van der Waals surface area contributed by atoms with E-state index in [1.54, 1.807) is 36.4 Å². The van der Waals surface area contributed by atoms with Crippen LogP contribution in [-0.4, -0.2) is 48.6 Å². The highest BCUT2D eigenvalue weighted by atomic mass is 16.5. The largest absolute Gasteiger partial charge is 0.494 e. The van der Waals surface area contributed by atoms with Crippen molar-refractivity contribution >= 4 is 23.2 Å². The zero-order chi connectivity index (χ0) is 23.4. The summed E-state index contributed by atoms with van der Waals surface area (Å²) in [5.74, 6) is 0.424. The molecule has 2 heterocycles. The lowest BCUT2D eigenvalue weighted by atomic mass is 10.1. The summed E-state index contributed by atoms with van der Waals surface area (Å²) in [6.07, 6.45) is 2.07. The van der Waals surface area contributed by atoms with E-state index in [2.05, 4.69) is 39.3 Å². The highest BCUT2D eigenvalue weighted by molar-refractivity contribution is 6.05. The number of methoxy groups -OCH3 is 2. The molecule has 0 spiro atoms.